The second-order valence-electron chi connectivity index (χ2n) is 10.6. The molecule has 3 heterocycles. The first-order valence-electron chi connectivity index (χ1n) is 13.6. The number of aliphatic hydroxyl groups is 2. The average Bonchev–Trinajstić information content (AvgIpc) is 3.42. The molecule has 1 saturated heterocycles. The van der Waals surface area contributed by atoms with Gasteiger partial charge in [0.2, 0.25) is 6.79 Å². The number of rotatable bonds is 14. The minimum atomic E-state index is -4.77. The Kier molecular flexibility index (Phi) is 10.7. The number of hydrogen-bond donors (Lipinski definition) is 4. The summed E-state index contributed by atoms with van der Waals surface area (Å²) in [5, 5.41) is 34.3. The highest BCUT2D eigenvalue weighted by Gasteiger charge is 2.47. The number of nitriles is 1. The third-order valence-corrected chi connectivity index (χ3v) is 11.7. The van der Waals surface area contributed by atoms with Crippen molar-refractivity contribution in [2.45, 2.75) is 82.2 Å². The van der Waals surface area contributed by atoms with Crippen LogP contribution in [0.2, 0.25) is 5.15 Å². The van der Waals surface area contributed by atoms with Gasteiger partial charge in [-0.15, -0.1) is 0 Å². The van der Waals surface area contributed by atoms with E-state index in [-0.39, 0.29) is 41.7 Å². The molecule has 2 aliphatic rings. The molecule has 4 rings (SSSR count). The zero-order valence-electron chi connectivity index (χ0n) is 23.1. The highest BCUT2D eigenvalue weighted by Crippen LogP contribution is 2.44. The van der Waals surface area contributed by atoms with E-state index >= 15 is 0 Å². The predicted octanol–water partition coefficient (Wildman–Crippen LogP) is 2.75. The summed E-state index contributed by atoms with van der Waals surface area (Å²) < 4.78 is 67.6. The Bertz CT molecular complexity index is 1530. The van der Waals surface area contributed by atoms with E-state index in [2.05, 4.69) is 14.8 Å². The number of aliphatic hydroxyl groups excluding tert-OH is 2. The van der Waals surface area contributed by atoms with E-state index in [0.717, 1.165) is 12.8 Å². The van der Waals surface area contributed by atoms with E-state index in [1.165, 1.54) is 10.8 Å². The Morgan fingerprint density at radius 1 is 1.35 bits per heavy atom. The van der Waals surface area contributed by atoms with Gasteiger partial charge in [0, 0.05) is 24.0 Å². The number of aromatic nitrogens is 2. The number of alkyl halides is 1. The largest absolute Gasteiger partial charge is 0.438 e. The lowest BCUT2D eigenvalue weighted by Crippen LogP contribution is -2.36. The highest BCUT2D eigenvalue weighted by atomic mass is 35.5. The Morgan fingerprint density at radius 2 is 2.07 bits per heavy atom. The lowest BCUT2D eigenvalue weighted by Gasteiger charge is -2.31. The summed E-state index contributed by atoms with van der Waals surface area (Å²) in [4.78, 5) is 25.9. The van der Waals surface area contributed by atoms with Crippen LogP contribution < -0.4 is 5.32 Å². The van der Waals surface area contributed by atoms with Crippen LogP contribution in [0.25, 0.3) is 11.0 Å². The molecule has 0 bridgehead atoms. The van der Waals surface area contributed by atoms with E-state index in [1.54, 1.807) is 6.07 Å². The predicted molar refractivity (Wildman–Crippen MR) is 152 cm³/mol. The molecule has 4 N–H and O–H groups in total. The van der Waals surface area contributed by atoms with Crippen LogP contribution in [0, 0.1) is 11.3 Å². The maximum Gasteiger partial charge on any atom is 0.346 e. The van der Waals surface area contributed by atoms with Crippen molar-refractivity contribution in [3.8, 4) is 6.07 Å². The molecule has 1 saturated carbocycles. The normalized spacial score (nSPS) is 26.9. The number of ether oxygens (including phenoxy) is 2. The van der Waals surface area contributed by atoms with Crippen LogP contribution in [-0.2, 0) is 33.2 Å². The maximum atomic E-state index is 13.4. The van der Waals surface area contributed by atoms with Crippen molar-refractivity contribution in [1.29, 1.82) is 5.26 Å². The van der Waals surface area contributed by atoms with Crippen molar-refractivity contribution in [3.05, 3.63) is 23.0 Å². The molecule has 1 aliphatic carbocycles. The molecule has 0 spiro atoms. The van der Waals surface area contributed by atoms with Crippen LogP contribution in [-0.4, -0.2) is 87.6 Å². The third kappa shape index (κ3) is 8.03. The number of esters is 1. The number of halogens is 2. The van der Waals surface area contributed by atoms with Gasteiger partial charge >= 0.3 is 13.6 Å². The Morgan fingerprint density at radius 3 is 2.72 bits per heavy atom. The Balaban J connectivity index is 1.44. The Hall–Kier alpha value is -2.35. The van der Waals surface area contributed by atoms with Crippen molar-refractivity contribution in [2.75, 3.05) is 23.4 Å². The van der Waals surface area contributed by atoms with Crippen LogP contribution in [0.3, 0.4) is 0 Å². The van der Waals surface area contributed by atoms with Crippen LogP contribution in [0.15, 0.2) is 12.3 Å². The maximum absolute atomic E-state index is 13.4. The molecular formula is C25H33ClFN4O10PS. The molecule has 0 radical (unpaired) electrons. The lowest BCUT2D eigenvalue weighted by atomic mass is 9.90. The summed E-state index contributed by atoms with van der Waals surface area (Å²) in [5.74, 6) is -1.60. The number of sulfone groups is 1. The number of pyridine rings is 1. The summed E-state index contributed by atoms with van der Waals surface area (Å²) in [6.45, 7) is 1.04. The fourth-order valence-electron chi connectivity index (χ4n) is 4.92. The van der Waals surface area contributed by atoms with Crippen molar-refractivity contribution in [1.82, 2.24) is 9.55 Å². The Labute approximate surface area is 252 Å². The number of nitrogens with zero attached hydrogens (tertiary/aromatic N) is 3. The summed E-state index contributed by atoms with van der Waals surface area (Å²) in [6.07, 6.45) is -2.92. The molecule has 2 aromatic heterocycles. The van der Waals surface area contributed by atoms with E-state index in [4.69, 9.17) is 21.1 Å². The molecule has 5 atom stereocenters. The monoisotopic (exact) mass is 666 g/mol. The summed E-state index contributed by atoms with van der Waals surface area (Å²) in [7, 11) is -9.19. The van der Waals surface area contributed by atoms with Gasteiger partial charge < -0.3 is 34.5 Å². The van der Waals surface area contributed by atoms with Gasteiger partial charge in [-0.25, -0.2) is 17.8 Å². The topological polar surface area (TPSA) is 210 Å². The first kappa shape index (κ1) is 33.5. The van der Waals surface area contributed by atoms with Crippen LogP contribution in [0.1, 0.15) is 57.2 Å². The number of unbranched alkanes of at least 4 members (excludes halogenated alkanes) is 2. The van der Waals surface area contributed by atoms with Gasteiger partial charge in [0.25, 0.3) is 0 Å². The van der Waals surface area contributed by atoms with E-state index in [9.17, 15) is 42.5 Å². The molecule has 2 aromatic rings. The summed E-state index contributed by atoms with van der Waals surface area (Å²) >= 11 is 6.26. The first-order chi connectivity index (χ1) is 20.2. The van der Waals surface area contributed by atoms with Gasteiger partial charge in [-0.2, -0.15) is 5.26 Å². The molecule has 238 valence electrons. The van der Waals surface area contributed by atoms with Crippen molar-refractivity contribution >= 4 is 51.7 Å². The number of fused-ring (bicyclic) bond motifs is 1. The average molecular weight is 667 g/mol. The van der Waals surface area contributed by atoms with Crippen LogP contribution in [0.4, 0.5) is 10.1 Å². The third-order valence-electron chi connectivity index (χ3n) is 7.21. The minimum Gasteiger partial charge on any atom is -0.438 e. The molecule has 1 aliphatic heterocycles. The highest BCUT2D eigenvalue weighted by molar-refractivity contribution is 7.97. The number of carbonyl (C=O) groups is 1. The molecule has 2 fully saturated rings. The molecule has 18 heteroatoms. The molecular weight excluding hydrogens is 634 g/mol. The van der Waals surface area contributed by atoms with Crippen molar-refractivity contribution in [2.24, 2.45) is 0 Å². The molecule has 0 aromatic carbocycles. The summed E-state index contributed by atoms with van der Waals surface area (Å²) in [5.41, 5.74) is -0.865. The fourth-order valence-corrected chi connectivity index (χ4v) is 8.84. The SMILES string of the molecule is CCCCCC(=O)OCOP(=O)(O)CS(=O)(=O)C[C@H]1O[C@@H](n2ccc3c(N[C@H]4C[C@@H](F)C4)c(C#N)c(Cl)nc32)[C@H](O)[C@@H]1O. The number of nitrogens with one attached hydrogen (secondary N) is 1. The first-order valence-corrected chi connectivity index (χ1v) is 17.6. The number of anilines is 1. The standard InChI is InChI=1S/C25H33ClFN4O10PS/c1-2-3-4-5-19(32)39-12-40-42(35,36)13-43(37,38)11-18-21(33)22(34)25(41-18)31-7-6-16-20(29-15-8-14(27)9-15)17(10-28)23(26)30-24(16)31/h6-7,14-15,18,21-22,25,33-34H,2-5,8-9,11-13H2,1H3,(H,29,30)(H,35,36)/t14-,15+,18-,21-,22-,25-/m1/s1. The lowest BCUT2D eigenvalue weighted by molar-refractivity contribution is -0.150. The van der Waals surface area contributed by atoms with Crippen molar-refractivity contribution in [3.63, 3.8) is 0 Å². The van der Waals surface area contributed by atoms with Gasteiger partial charge in [0.05, 0.1) is 11.4 Å². The van der Waals surface area contributed by atoms with Gasteiger partial charge in [-0.1, -0.05) is 31.4 Å². The molecule has 14 nitrogen and oxygen atoms in total. The van der Waals surface area contributed by atoms with Crippen molar-refractivity contribution < 1.29 is 51.3 Å². The van der Waals surface area contributed by atoms with E-state index in [1.807, 2.05) is 13.0 Å². The second-order valence-corrected chi connectivity index (χ2v) is 15.3. The van der Waals surface area contributed by atoms with E-state index in [0.29, 0.717) is 17.5 Å². The zero-order valence-corrected chi connectivity index (χ0v) is 25.6. The number of hydrogen-bond acceptors (Lipinski definition) is 12. The zero-order chi connectivity index (χ0) is 31.5. The van der Waals surface area contributed by atoms with Crippen LogP contribution >= 0.6 is 19.2 Å². The second kappa shape index (κ2) is 13.7. The van der Waals surface area contributed by atoms with Gasteiger partial charge in [-0.05, 0) is 25.3 Å². The minimum absolute atomic E-state index is 0.0352. The smallest absolute Gasteiger partial charge is 0.346 e. The quantitative estimate of drug-likeness (QED) is 0.0752. The fraction of sp³-hybridized carbons (Fsp3) is 0.640. The van der Waals surface area contributed by atoms with Gasteiger partial charge in [-0.3, -0.25) is 13.9 Å². The molecule has 43 heavy (non-hydrogen) atoms. The van der Waals surface area contributed by atoms with Crippen LogP contribution in [0.5, 0.6) is 0 Å². The summed E-state index contributed by atoms with van der Waals surface area (Å²) in [6, 6.07) is 3.29. The van der Waals surface area contributed by atoms with Gasteiger partial charge in [0.1, 0.15) is 41.8 Å². The number of carbonyl (C=O) groups excluding carboxylic acids is 1. The van der Waals surface area contributed by atoms with E-state index < -0.39 is 72.2 Å². The van der Waals surface area contributed by atoms with Gasteiger partial charge in [0.15, 0.2) is 26.7 Å². The molecule has 0 amide bonds. The molecule has 1 unspecified atom stereocenters.